The first-order valence-corrected chi connectivity index (χ1v) is 10.7. The monoisotopic (exact) mass is 418 g/mol. The van der Waals surface area contributed by atoms with Gasteiger partial charge >= 0.3 is 0 Å². The number of nitrogens with two attached hydrogens (primary N) is 1. The summed E-state index contributed by atoms with van der Waals surface area (Å²) in [7, 11) is 3.41. The molecule has 0 saturated carbocycles. The molecule has 2 rings (SSSR count). The Bertz CT molecular complexity index is 678. The third-order valence-electron chi connectivity index (χ3n) is 4.67. The highest BCUT2D eigenvalue weighted by Crippen LogP contribution is 2.25. The van der Waals surface area contributed by atoms with Crippen molar-refractivity contribution < 1.29 is 18.2 Å². The maximum Gasteiger partial charge on any atom is 0.118 e. The zero-order valence-corrected chi connectivity index (χ0v) is 18.3. The molecule has 29 heavy (non-hydrogen) atoms. The molecule has 0 spiro atoms. The summed E-state index contributed by atoms with van der Waals surface area (Å²) in [6.07, 6.45) is 6.46. The van der Waals surface area contributed by atoms with Crippen LogP contribution in [0.15, 0.2) is 61.2 Å². The molecule has 6 heteroatoms. The number of methoxy groups -OCH3 is 2. The van der Waals surface area contributed by atoms with Gasteiger partial charge in [-0.1, -0.05) is 37.3 Å². The normalized spacial score (nSPS) is 12.5. The van der Waals surface area contributed by atoms with E-state index in [1.54, 1.807) is 14.2 Å². The molecule has 0 fully saturated rings. The zero-order valence-electron chi connectivity index (χ0n) is 17.5. The average molecular weight is 419 g/mol. The molecule has 5 nitrogen and oxygen atoms in total. The van der Waals surface area contributed by atoms with Crippen LogP contribution < -0.4 is 14.6 Å². The van der Waals surface area contributed by atoms with Crippen LogP contribution in [0.5, 0.6) is 11.5 Å². The summed E-state index contributed by atoms with van der Waals surface area (Å²) in [4.78, 5) is 0. The molecule has 2 aromatic carbocycles. The van der Waals surface area contributed by atoms with Crippen molar-refractivity contribution in [2.75, 3.05) is 14.2 Å². The number of hydrogen-bond donors (Lipinski definition) is 1. The predicted octanol–water partition coefficient (Wildman–Crippen LogP) is 4.45. The van der Waals surface area contributed by atoms with Gasteiger partial charge in [0.05, 0.1) is 14.2 Å². The van der Waals surface area contributed by atoms with E-state index in [1.807, 2.05) is 30.3 Å². The SMILES string of the molecule is C=CCC(C)CC(Cc1ccc(OC)cc1)Cc1ccc(OC)cc1.NS(=O)[O-]. The zero-order chi connectivity index (χ0) is 21.6. The van der Waals surface area contributed by atoms with Crippen molar-refractivity contribution in [3.8, 4) is 11.5 Å². The second-order valence-electron chi connectivity index (χ2n) is 7.10. The summed E-state index contributed by atoms with van der Waals surface area (Å²) in [6.45, 7) is 6.20. The fraction of sp³-hybridized carbons (Fsp3) is 0.391. The van der Waals surface area contributed by atoms with Gasteiger partial charge in [0, 0.05) is 11.3 Å². The molecule has 0 aliphatic rings. The minimum atomic E-state index is -2.36. The van der Waals surface area contributed by atoms with Gasteiger partial charge < -0.3 is 14.0 Å². The van der Waals surface area contributed by atoms with Crippen molar-refractivity contribution in [3.63, 3.8) is 0 Å². The lowest BCUT2D eigenvalue weighted by Gasteiger charge is -2.21. The third-order valence-corrected chi connectivity index (χ3v) is 4.67. The van der Waals surface area contributed by atoms with E-state index in [2.05, 4.69) is 42.9 Å². The topological polar surface area (TPSA) is 84.6 Å². The van der Waals surface area contributed by atoms with Crippen LogP contribution in [-0.4, -0.2) is 23.0 Å². The minimum Gasteiger partial charge on any atom is -0.760 e. The molecule has 0 amide bonds. The van der Waals surface area contributed by atoms with Crippen LogP contribution in [0.4, 0.5) is 0 Å². The molecule has 0 aliphatic carbocycles. The highest BCUT2D eigenvalue weighted by molar-refractivity contribution is 7.76. The van der Waals surface area contributed by atoms with E-state index < -0.39 is 11.3 Å². The van der Waals surface area contributed by atoms with Crippen molar-refractivity contribution in [1.82, 2.24) is 0 Å². The molecule has 2 unspecified atom stereocenters. The lowest BCUT2D eigenvalue weighted by molar-refractivity contribution is 0.386. The Morgan fingerprint density at radius 3 is 1.69 bits per heavy atom. The lowest BCUT2D eigenvalue weighted by Crippen LogP contribution is -2.12. The number of allylic oxidation sites excluding steroid dienone is 1. The van der Waals surface area contributed by atoms with Crippen LogP contribution in [0.3, 0.4) is 0 Å². The van der Waals surface area contributed by atoms with E-state index in [9.17, 15) is 0 Å². The quantitative estimate of drug-likeness (QED) is 0.456. The first-order chi connectivity index (χ1) is 13.9. The molecule has 2 aromatic rings. The third kappa shape index (κ3) is 10.8. The standard InChI is InChI=1S/C23H30O2.H3NO2S/c1-5-6-18(2)15-21(16-19-7-11-22(24-3)12-8-19)17-20-9-13-23(25-4)14-10-20;1-4(2)3/h5,7-14,18,21H,1,6,15-17H2,2-4H3;1H2,(H,2,3)/p-1. The minimum absolute atomic E-state index is 0.608. The van der Waals surface area contributed by atoms with Crippen LogP contribution in [0.25, 0.3) is 0 Å². The number of rotatable bonds is 10. The highest BCUT2D eigenvalue weighted by Gasteiger charge is 2.15. The van der Waals surface area contributed by atoms with Crippen LogP contribution in [-0.2, 0) is 24.1 Å². The summed E-state index contributed by atoms with van der Waals surface area (Å²) in [5.41, 5.74) is 2.73. The van der Waals surface area contributed by atoms with Crippen LogP contribution in [0.2, 0.25) is 0 Å². The van der Waals surface area contributed by atoms with Gasteiger partial charge in [0.15, 0.2) is 0 Å². The summed E-state index contributed by atoms with van der Waals surface area (Å²) < 4.78 is 28.1. The second kappa shape index (κ2) is 13.9. The van der Waals surface area contributed by atoms with Crippen LogP contribution in [0.1, 0.15) is 30.9 Å². The Labute approximate surface area is 177 Å². The van der Waals surface area contributed by atoms with Crippen molar-refractivity contribution in [2.24, 2.45) is 17.0 Å². The molecule has 2 atom stereocenters. The molecular weight excluding hydrogens is 386 g/mol. The Hall–Kier alpha value is -2.15. The first-order valence-electron chi connectivity index (χ1n) is 9.58. The summed E-state index contributed by atoms with van der Waals surface area (Å²) in [5.74, 6) is 3.08. The highest BCUT2D eigenvalue weighted by atomic mass is 32.2. The first kappa shape index (κ1) is 24.9. The molecule has 0 radical (unpaired) electrons. The van der Waals surface area contributed by atoms with Gasteiger partial charge in [-0.05, 0) is 72.9 Å². The molecule has 0 heterocycles. The van der Waals surface area contributed by atoms with Crippen molar-refractivity contribution in [3.05, 3.63) is 72.3 Å². The fourth-order valence-electron chi connectivity index (χ4n) is 3.38. The summed E-state index contributed by atoms with van der Waals surface area (Å²) >= 11 is -2.36. The molecular formula is C23H32NO4S-. The fourth-order valence-corrected chi connectivity index (χ4v) is 3.38. The smallest absolute Gasteiger partial charge is 0.118 e. The molecule has 0 saturated heterocycles. The number of ether oxygens (including phenoxy) is 2. The largest absolute Gasteiger partial charge is 0.760 e. The Balaban J connectivity index is 0.000000960. The van der Waals surface area contributed by atoms with Gasteiger partial charge in [-0.25, -0.2) is 0 Å². The van der Waals surface area contributed by atoms with Crippen molar-refractivity contribution >= 4 is 11.3 Å². The van der Waals surface area contributed by atoms with Gasteiger partial charge in [-0.2, -0.15) is 0 Å². The molecule has 0 aliphatic heterocycles. The second-order valence-corrected chi connectivity index (χ2v) is 7.62. The Morgan fingerprint density at radius 2 is 1.38 bits per heavy atom. The lowest BCUT2D eigenvalue weighted by atomic mass is 9.84. The Morgan fingerprint density at radius 1 is 1.00 bits per heavy atom. The number of hydrogen-bond acceptors (Lipinski definition) is 4. The summed E-state index contributed by atoms with van der Waals surface area (Å²) in [5, 5.41) is 4.03. The van der Waals surface area contributed by atoms with Gasteiger partial charge in [0.2, 0.25) is 0 Å². The van der Waals surface area contributed by atoms with Crippen LogP contribution >= 0.6 is 0 Å². The molecule has 2 N–H and O–H groups in total. The maximum atomic E-state index is 8.78. The van der Waals surface area contributed by atoms with Crippen molar-refractivity contribution in [1.29, 1.82) is 0 Å². The average Bonchev–Trinajstić information content (AvgIpc) is 2.69. The number of benzene rings is 2. The van der Waals surface area contributed by atoms with Gasteiger partial charge in [-0.3, -0.25) is 9.35 Å². The predicted molar refractivity (Wildman–Crippen MR) is 119 cm³/mol. The van der Waals surface area contributed by atoms with Crippen molar-refractivity contribution in [2.45, 2.75) is 32.6 Å². The van der Waals surface area contributed by atoms with E-state index in [0.717, 1.165) is 30.8 Å². The van der Waals surface area contributed by atoms with E-state index in [-0.39, 0.29) is 0 Å². The Kier molecular flexibility index (Phi) is 12.0. The van der Waals surface area contributed by atoms with Gasteiger partial charge in [0.1, 0.15) is 11.5 Å². The van der Waals surface area contributed by atoms with E-state index in [0.29, 0.717) is 11.8 Å². The maximum absolute atomic E-state index is 8.78. The van der Waals surface area contributed by atoms with Gasteiger partial charge in [-0.15, -0.1) is 6.58 Å². The molecule has 0 bridgehead atoms. The molecule has 160 valence electrons. The van der Waals surface area contributed by atoms with Gasteiger partial charge in [0.25, 0.3) is 0 Å². The van der Waals surface area contributed by atoms with E-state index >= 15 is 0 Å². The molecule has 0 aromatic heterocycles. The summed E-state index contributed by atoms with van der Waals surface area (Å²) in [6, 6.07) is 16.9. The van der Waals surface area contributed by atoms with E-state index in [1.165, 1.54) is 17.5 Å². The van der Waals surface area contributed by atoms with Crippen LogP contribution in [0, 0.1) is 11.8 Å². The van der Waals surface area contributed by atoms with E-state index in [4.69, 9.17) is 18.2 Å².